The molecule has 0 fully saturated rings. The zero-order valence-corrected chi connectivity index (χ0v) is 9.49. The standard InChI is InChI=1S/C11H18N4O/c1-2-3-11(16)14-7-6-13-10-5-4-9(12)8-15-10/h4-5,8H,2-3,6-7,12H2,1H3,(H,13,15)(H,14,16). The van der Waals surface area contributed by atoms with Gasteiger partial charge < -0.3 is 16.4 Å². The Balaban J connectivity index is 2.16. The molecular formula is C11H18N4O. The Kier molecular flexibility index (Phi) is 5.11. The number of carbonyl (C=O) groups is 1. The van der Waals surface area contributed by atoms with Crippen LogP contribution in [0.2, 0.25) is 0 Å². The Morgan fingerprint density at radius 3 is 2.88 bits per heavy atom. The van der Waals surface area contributed by atoms with Crippen LogP contribution in [-0.2, 0) is 4.79 Å². The molecule has 1 heterocycles. The Labute approximate surface area is 95.4 Å². The molecule has 0 spiro atoms. The molecule has 0 aliphatic carbocycles. The molecule has 0 bridgehead atoms. The molecule has 16 heavy (non-hydrogen) atoms. The number of hydrogen-bond acceptors (Lipinski definition) is 4. The first-order valence-electron chi connectivity index (χ1n) is 5.44. The van der Waals surface area contributed by atoms with Crippen molar-refractivity contribution in [3.8, 4) is 0 Å². The summed E-state index contributed by atoms with van der Waals surface area (Å²) in [5, 5.41) is 5.90. The summed E-state index contributed by atoms with van der Waals surface area (Å²) in [7, 11) is 0. The van der Waals surface area contributed by atoms with E-state index in [1.165, 1.54) is 0 Å². The minimum absolute atomic E-state index is 0.0922. The lowest BCUT2D eigenvalue weighted by Crippen LogP contribution is -2.28. The number of hydrogen-bond donors (Lipinski definition) is 3. The van der Waals surface area contributed by atoms with Crippen molar-refractivity contribution in [1.29, 1.82) is 0 Å². The minimum Gasteiger partial charge on any atom is -0.397 e. The SMILES string of the molecule is CCCC(=O)NCCNc1ccc(N)cn1. The number of nitrogens with one attached hydrogen (secondary N) is 2. The van der Waals surface area contributed by atoms with Crippen LogP contribution in [0.1, 0.15) is 19.8 Å². The van der Waals surface area contributed by atoms with E-state index < -0.39 is 0 Å². The second-order valence-electron chi connectivity index (χ2n) is 3.50. The number of pyridine rings is 1. The maximum atomic E-state index is 11.1. The van der Waals surface area contributed by atoms with Crippen LogP contribution in [0.4, 0.5) is 11.5 Å². The third-order valence-corrected chi connectivity index (χ3v) is 2.02. The molecule has 88 valence electrons. The summed E-state index contributed by atoms with van der Waals surface area (Å²) in [4.78, 5) is 15.2. The number of nitrogen functional groups attached to an aromatic ring is 1. The van der Waals surface area contributed by atoms with E-state index in [1.807, 2.05) is 13.0 Å². The van der Waals surface area contributed by atoms with Crippen LogP contribution in [0.25, 0.3) is 0 Å². The molecule has 0 aliphatic heterocycles. The van der Waals surface area contributed by atoms with Crippen molar-refractivity contribution in [2.75, 3.05) is 24.1 Å². The van der Waals surface area contributed by atoms with Crippen molar-refractivity contribution in [2.45, 2.75) is 19.8 Å². The van der Waals surface area contributed by atoms with Gasteiger partial charge in [0.25, 0.3) is 0 Å². The molecule has 0 aromatic carbocycles. The molecule has 0 saturated heterocycles. The molecule has 5 heteroatoms. The topological polar surface area (TPSA) is 80.0 Å². The molecule has 1 amide bonds. The van der Waals surface area contributed by atoms with Gasteiger partial charge in [0.15, 0.2) is 0 Å². The summed E-state index contributed by atoms with van der Waals surface area (Å²) < 4.78 is 0. The first-order chi connectivity index (χ1) is 7.72. The lowest BCUT2D eigenvalue weighted by atomic mass is 10.3. The number of aromatic nitrogens is 1. The van der Waals surface area contributed by atoms with Gasteiger partial charge in [-0.2, -0.15) is 0 Å². The predicted octanol–water partition coefficient (Wildman–Crippen LogP) is 0.992. The fourth-order valence-corrected chi connectivity index (χ4v) is 1.22. The summed E-state index contributed by atoms with van der Waals surface area (Å²) in [5.74, 6) is 0.855. The second-order valence-corrected chi connectivity index (χ2v) is 3.50. The van der Waals surface area contributed by atoms with Gasteiger partial charge in [0.1, 0.15) is 5.82 Å². The van der Waals surface area contributed by atoms with Gasteiger partial charge in [-0.25, -0.2) is 4.98 Å². The van der Waals surface area contributed by atoms with E-state index in [0.29, 0.717) is 25.2 Å². The van der Waals surface area contributed by atoms with E-state index >= 15 is 0 Å². The maximum Gasteiger partial charge on any atom is 0.220 e. The van der Waals surface area contributed by atoms with E-state index in [2.05, 4.69) is 15.6 Å². The van der Waals surface area contributed by atoms with E-state index in [-0.39, 0.29) is 5.91 Å². The van der Waals surface area contributed by atoms with Crippen molar-refractivity contribution < 1.29 is 4.79 Å². The van der Waals surface area contributed by atoms with Crippen molar-refractivity contribution in [3.63, 3.8) is 0 Å². The molecule has 0 unspecified atom stereocenters. The fraction of sp³-hybridized carbons (Fsp3) is 0.455. The highest BCUT2D eigenvalue weighted by molar-refractivity contribution is 5.75. The highest BCUT2D eigenvalue weighted by Crippen LogP contribution is 2.04. The summed E-state index contributed by atoms with van der Waals surface area (Å²) >= 11 is 0. The molecular weight excluding hydrogens is 204 g/mol. The number of anilines is 2. The summed E-state index contributed by atoms with van der Waals surface area (Å²) in [6.07, 6.45) is 3.05. The minimum atomic E-state index is 0.0922. The van der Waals surface area contributed by atoms with Crippen molar-refractivity contribution in [1.82, 2.24) is 10.3 Å². The number of carbonyl (C=O) groups excluding carboxylic acids is 1. The summed E-state index contributed by atoms with van der Waals surface area (Å²) in [5.41, 5.74) is 6.15. The Morgan fingerprint density at radius 2 is 2.25 bits per heavy atom. The fourth-order valence-electron chi connectivity index (χ4n) is 1.22. The number of rotatable bonds is 6. The third kappa shape index (κ3) is 4.63. The third-order valence-electron chi connectivity index (χ3n) is 2.02. The van der Waals surface area contributed by atoms with E-state index in [1.54, 1.807) is 12.3 Å². The first kappa shape index (κ1) is 12.3. The zero-order valence-electron chi connectivity index (χ0n) is 9.49. The lowest BCUT2D eigenvalue weighted by Gasteiger charge is -2.06. The van der Waals surface area contributed by atoms with Gasteiger partial charge in [0.05, 0.1) is 11.9 Å². The summed E-state index contributed by atoms with van der Waals surface area (Å²) in [6.45, 7) is 3.24. The second kappa shape index (κ2) is 6.66. The van der Waals surface area contributed by atoms with Crippen molar-refractivity contribution in [3.05, 3.63) is 18.3 Å². The van der Waals surface area contributed by atoms with Gasteiger partial charge in [-0.3, -0.25) is 4.79 Å². The first-order valence-corrected chi connectivity index (χ1v) is 5.44. The van der Waals surface area contributed by atoms with Crippen LogP contribution in [0.3, 0.4) is 0 Å². The van der Waals surface area contributed by atoms with Crippen LogP contribution in [-0.4, -0.2) is 24.0 Å². The average Bonchev–Trinajstić information content (AvgIpc) is 2.27. The van der Waals surface area contributed by atoms with Crippen molar-refractivity contribution >= 4 is 17.4 Å². The van der Waals surface area contributed by atoms with Gasteiger partial charge in [-0.15, -0.1) is 0 Å². The smallest absolute Gasteiger partial charge is 0.220 e. The molecule has 0 atom stereocenters. The predicted molar refractivity (Wildman–Crippen MR) is 65.1 cm³/mol. The normalized spacial score (nSPS) is 9.81. The highest BCUT2D eigenvalue weighted by atomic mass is 16.1. The van der Waals surface area contributed by atoms with Crippen LogP contribution in [0.5, 0.6) is 0 Å². The Bertz CT molecular complexity index is 323. The van der Waals surface area contributed by atoms with Gasteiger partial charge in [0.2, 0.25) is 5.91 Å². The van der Waals surface area contributed by atoms with Crippen LogP contribution < -0.4 is 16.4 Å². The van der Waals surface area contributed by atoms with Crippen molar-refractivity contribution in [2.24, 2.45) is 0 Å². The van der Waals surface area contributed by atoms with Gasteiger partial charge in [0, 0.05) is 19.5 Å². The quantitative estimate of drug-likeness (QED) is 0.627. The molecule has 1 aromatic rings. The number of nitrogens with zero attached hydrogens (tertiary/aromatic N) is 1. The van der Waals surface area contributed by atoms with E-state index in [4.69, 9.17) is 5.73 Å². The molecule has 1 rings (SSSR count). The van der Waals surface area contributed by atoms with Gasteiger partial charge in [-0.1, -0.05) is 6.92 Å². The van der Waals surface area contributed by atoms with Crippen LogP contribution >= 0.6 is 0 Å². The molecule has 4 N–H and O–H groups in total. The molecule has 0 saturated carbocycles. The Hall–Kier alpha value is -1.78. The summed E-state index contributed by atoms with van der Waals surface area (Å²) in [6, 6.07) is 3.59. The van der Waals surface area contributed by atoms with Gasteiger partial charge >= 0.3 is 0 Å². The van der Waals surface area contributed by atoms with Crippen LogP contribution in [0, 0.1) is 0 Å². The Morgan fingerprint density at radius 1 is 1.44 bits per heavy atom. The highest BCUT2D eigenvalue weighted by Gasteiger charge is 1.97. The molecule has 0 aliphatic rings. The number of amides is 1. The largest absolute Gasteiger partial charge is 0.397 e. The monoisotopic (exact) mass is 222 g/mol. The van der Waals surface area contributed by atoms with Crippen LogP contribution in [0.15, 0.2) is 18.3 Å². The zero-order chi connectivity index (χ0) is 11.8. The van der Waals surface area contributed by atoms with E-state index in [0.717, 1.165) is 12.2 Å². The molecule has 1 aromatic heterocycles. The van der Waals surface area contributed by atoms with E-state index in [9.17, 15) is 4.79 Å². The lowest BCUT2D eigenvalue weighted by molar-refractivity contribution is -0.121. The average molecular weight is 222 g/mol. The molecule has 5 nitrogen and oxygen atoms in total. The molecule has 0 radical (unpaired) electrons. The maximum absolute atomic E-state index is 11.1. The van der Waals surface area contributed by atoms with Gasteiger partial charge in [-0.05, 0) is 18.6 Å². The number of nitrogens with two attached hydrogens (primary N) is 1.